The number of ether oxygens (including phenoxy) is 1. The van der Waals surface area contributed by atoms with Gasteiger partial charge in [-0.1, -0.05) is 29.8 Å². The Morgan fingerprint density at radius 1 is 1.24 bits per heavy atom. The van der Waals surface area contributed by atoms with Gasteiger partial charge in [0.2, 0.25) is 0 Å². The Labute approximate surface area is 134 Å². The van der Waals surface area contributed by atoms with Crippen LogP contribution in [0.2, 0.25) is 0 Å². The summed E-state index contributed by atoms with van der Waals surface area (Å²) in [5.74, 6) is 1.34. The Morgan fingerprint density at radius 3 is 2.76 bits per heavy atom. The molecule has 1 N–H and O–H groups in total. The van der Waals surface area contributed by atoms with E-state index in [-0.39, 0.29) is 0 Å². The molecule has 1 heterocycles. The van der Waals surface area contributed by atoms with E-state index in [0.29, 0.717) is 12.5 Å². The molecule has 0 radical (unpaired) electrons. The Hall–Kier alpha value is -1.55. The van der Waals surface area contributed by atoms with Gasteiger partial charge < -0.3 is 10.1 Å². The lowest BCUT2D eigenvalue weighted by Crippen LogP contribution is -2.03. The zero-order valence-corrected chi connectivity index (χ0v) is 14.3. The van der Waals surface area contributed by atoms with Gasteiger partial charge in [0.15, 0.2) is 0 Å². The molecule has 0 atom stereocenters. The van der Waals surface area contributed by atoms with Crippen molar-refractivity contribution in [1.82, 2.24) is 4.98 Å². The van der Waals surface area contributed by atoms with E-state index in [2.05, 4.69) is 53.1 Å². The minimum absolute atomic E-state index is 0.415. The summed E-state index contributed by atoms with van der Waals surface area (Å²) in [5.41, 5.74) is 3.20. The third kappa shape index (κ3) is 4.46. The van der Waals surface area contributed by atoms with Crippen molar-refractivity contribution in [3.8, 4) is 5.75 Å². The molecule has 1 aromatic heterocycles. The molecule has 112 valence electrons. The average Bonchev–Trinajstić information content (AvgIpc) is 2.46. The van der Waals surface area contributed by atoms with Crippen LogP contribution in [0, 0.1) is 0 Å². The number of pyridine rings is 1. The molecule has 0 aliphatic carbocycles. The molecule has 0 amide bonds. The SMILES string of the molecule is CCNc1ccnc(COc2ccc(Br)cc2C(C)C)c1. The number of anilines is 1. The molecular weight excluding hydrogens is 328 g/mol. The van der Waals surface area contributed by atoms with E-state index in [1.54, 1.807) is 0 Å². The fourth-order valence-corrected chi connectivity index (χ4v) is 2.50. The Balaban J connectivity index is 2.11. The zero-order valence-electron chi connectivity index (χ0n) is 12.7. The standard InChI is InChI=1S/C17H21BrN2O/c1-4-19-14-7-8-20-15(10-14)11-21-17-6-5-13(18)9-16(17)12(2)3/h5-10,12H,4,11H2,1-3H3,(H,19,20). The fraction of sp³-hybridized carbons (Fsp3) is 0.353. The van der Waals surface area contributed by atoms with Crippen LogP contribution in [0.3, 0.4) is 0 Å². The highest BCUT2D eigenvalue weighted by Gasteiger charge is 2.09. The summed E-state index contributed by atoms with van der Waals surface area (Å²) in [6.07, 6.45) is 1.81. The average molecular weight is 349 g/mol. The van der Waals surface area contributed by atoms with Gasteiger partial charge in [0, 0.05) is 22.9 Å². The van der Waals surface area contributed by atoms with Crippen molar-refractivity contribution in [3.63, 3.8) is 0 Å². The molecule has 0 aliphatic heterocycles. The summed E-state index contributed by atoms with van der Waals surface area (Å²) < 4.78 is 7.04. The van der Waals surface area contributed by atoms with Crippen LogP contribution in [0.5, 0.6) is 5.75 Å². The van der Waals surface area contributed by atoms with Gasteiger partial charge in [0.1, 0.15) is 12.4 Å². The smallest absolute Gasteiger partial charge is 0.130 e. The number of nitrogens with one attached hydrogen (secondary N) is 1. The Morgan fingerprint density at radius 2 is 2.05 bits per heavy atom. The molecule has 4 heteroatoms. The zero-order chi connectivity index (χ0) is 15.2. The molecule has 0 saturated heterocycles. The van der Waals surface area contributed by atoms with E-state index in [1.165, 1.54) is 5.56 Å². The van der Waals surface area contributed by atoms with Gasteiger partial charge in [0.05, 0.1) is 5.69 Å². The molecule has 2 rings (SSSR count). The quantitative estimate of drug-likeness (QED) is 0.799. The number of hydrogen-bond donors (Lipinski definition) is 1. The van der Waals surface area contributed by atoms with E-state index in [1.807, 2.05) is 30.5 Å². The van der Waals surface area contributed by atoms with E-state index < -0.39 is 0 Å². The Kier molecular flexibility index (Phi) is 5.62. The van der Waals surface area contributed by atoms with Crippen molar-refractivity contribution in [2.24, 2.45) is 0 Å². The summed E-state index contributed by atoms with van der Waals surface area (Å²) in [4.78, 5) is 4.35. The monoisotopic (exact) mass is 348 g/mol. The number of nitrogens with zero attached hydrogens (tertiary/aromatic N) is 1. The highest BCUT2D eigenvalue weighted by Crippen LogP contribution is 2.30. The maximum atomic E-state index is 5.96. The molecule has 21 heavy (non-hydrogen) atoms. The van der Waals surface area contributed by atoms with Gasteiger partial charge in [-0.3, -0.25) is 4.98 Å². The predicted molar refractivity (Wildman–Crippen MR) is 91.0 cm³/mol. The van der Waals surface area contributed by atoms with Crippen molar-refractivity contribution in [2.75, 3.05) is 11.9 Å². The summed E-state index contributed by atoms with van der Waals surface area (Å²) in [6, 6.07) is 10.1. The van der Waals surface area contributed by atoms with Crippen LogP contribution in [0.15, 0.2) is 41.0 Å². The van der Waals surface area contributed by atoms with E-state index in [0.717, 1.165) is 28.1 Å². The van der Waals surface area contributed by atoms with Gasteiger partial charge in [-0.2, -0.15) is 0 Å². The lowest BCUT2D eigenvalue weighted by molar-refractivity contribution is 0.297. The first kappa shape index (κ1) is 15.8. The molecule has 0 saturated carbocycles. The molecule has 0 unspecified atom stereocenters. The van der Waals surface area contributed by atoms with Gasteiger partial charge in [-0.25, -0.2) is 0 Å². The lowest BCUT2D eigenvalue weighted by atomic mass is 10.0. The molecule has 1 aromatic carbocycles. The van der Waals surface area contributed by atoms with Gasteiger partial charge in [-0.05, 0) is 48.7 Å². The minimum atomic E-state index is 0.415. The summed E-state index contributed by atoms with van der Waals surface area (Å²) in [7, 11) is 0. The maximum Gasteiger partial charge on any atom is 0.130 e. The summed E-state index contributed by atoms with van der Waals surface area (Å²) in [6.45, 7) is 7.78. The van der Waals surface area contributed by atoms with Crippen molar-refractivity contribution in [1.29, 1.82) is 0 Å². The number of halogens is 1. The summed E-state index contributed by atoms with van der Waals surface area (Å²) in [5, 5.41) is 3.28. The van der Waals surface area contributed by atoms with E-state index in [9.17, 15) is 0 Å². The lowest BCUT2D eigenvalue weighted by Gasteiger charge is -2.14. The van der Waals surface area contributed by atoms with Gasteiger partial charge in [-0.15, -0.1) is 0 Å². The summed E-state index contributed by atoms with van der Waals surface area (Å²) >= 11 is 3.51. The van der Waals surface area contributed by atoms with Crippen molar-refractivity contribution < 1.29 is 4.74 Å². The number of hydrogen-bond acceptors (Lipinski definition) is 3. The van der Waals surface area contributed by atoms with Crippen LogP contribution < -0.4 is 10.1 Å². The topological polar surface area (TPSA) is 34.2 Å². The normalized spacial score (nSPS) is 10.7. The van der Waals surface area contributed by atoms with Crippen molar-refractivity contribution >= 4 is 21.6 Å². The van der Waals surface area contributed by atoms with Gasteiger partial charge in [0.25, 0.3) is 0 Å². The van der Waals surface area contributed by atoms with Crippen molar-refractivity contribution in [2.45, 2.75) is 33.3 Å². The fourth-order valence-electron chi connectivity index (χ4n) is 2.12. The maximum absolute atomic E-state index is 5.96. The first-order valence-electron chi connectivity index (χ1n) is 7.21. The molecular formula is C17H21BrN2O. The first-order valence-corrected chi connectivity index (χ1v) is 8.00. The predicted octanol–water partition coefficient (Wildman–Crippen LogP) is 4.98. The first-order chi connectivity index (χ1) is 10.1. The second-order valence-electron chi connectivity index (χ2n) is 5.19. The molecule has 0 aliphatic rings. The second kappa shape index (κ2) is 7.46. The third-order valence-electron chi connectivity index (χ3n) is 3.17. The molecule has 0 spiro atoms. The van der Waals surface area contributed by atoms with E-state index >= 15 is 0 Å². The van der Waals surface area contributed by atoms with Crippen LogP contribution in [0.4, 0.5) is 5.69 Å². The van der Waals surface area contributed by atoms with Crippen LogP contribution in [0.1, 0.15) is 37.9 Å². The van der Waals surface area contributed by atoms with Crippen LogP contribution in [-0.2, 0) is 6.61 Å². The third-order valence-corrected chi connectivity index (χ3v) is 3.66. The van der Waals surface area contributed by atoms with Crippen molar-refractivity contribution in [3.05, 3.63) is 52.3 Å². The van der Waals surface area contributed by atoms with E-state index in [4.69, 9.17) is 4.74 Å². The molecule has 0 fully saturated rings. The molecule has 0 bridgehead atoms. The number of benzene rings is 1. The van der Waals surface area contributed by atoms with Crippen LogP contribution in [0.25, 0.3) is 0 Å². The largest absolute Gasteiger partial charge is 0.487 e. The Bertz CT molecular complexity index is 599. The second-order valence-corrected chi connectivity index (χ2v) is 6.11. The highest BCUT2D eigenvalue weighted by atomic mass is 79.9. The number of rotatable bonds is 6. The highest BCUT2D eigenvalue weighted by molar-refractivity contribution is 9.10. The molecule has 3 nitrogen and oxygen atoms in total. The van der Waals surface area contributed by atoms with Gasteiger partial charge >= 0.3 is 0 Å². The van der Waals surface area contributed by atoms with Crippen LogP contribution in [-0.4, -0.2) is 11.5 Å². The van der Waals surface area contributed by atoms with Crippen LogP contribution >= 0.6 is 15.9 Å². The number of aromatic nitrogens is 1. The molecule has 2 aromatic rings. The minimum Gasteiger partial charge on any atom is -0.487 e.